The van der Waals surface area contributed by atoms with Crippen LogP contribution in [0.5, 0.6) is 0 Å². The number of halogens is 2. The Bertz CT molecular complexity index is 1080. The summed E-state index contributed by atoms with van der Waals surface area (Å²) in [5, 5.41) is 5.16. The molecule has 4 N–H and O–H groups in total. The average molecular weight is 438 g/mol. The number of hydrogen-bond donors (Lipinski definition) is 3. The molecule has 0 aliphatic carbocycles. The van der Waals surface area contributed by atoms with Crippen molar-refractivity contribution in [2.45, 2.75) is 0 Å². The highest BCUT2D eigenvalue weighted by Crippen LogP contribution is 2.31. The predicted molar refractivity (Wildman–Crippen MR) is 108 cm³/mol. The van der Waals surface area contributed by atoms with Crippen molar-refractivity contribution < 1.29 is 14.4 Å². The number of aromatic nitrogens is 2. The smallest absolute Gasteiger partial charge is 0.270 e. The normalized spacial score (nSPS) is 10.5. The van der Waals surface area contributed by atoms with Crippen molar-refractivity contribution in [2.24, 2.45) is 5.73 Å². The minimum atomic E-state index is -0.812. The molecule has 1 aromatic carbocycles. The number of thiophene rings is 1. The number of amides is 3. The van der Waals surface area contributed by atoms with E-state index in [1.54, 1.807) is 24.3 Å². The van der Waals surface area contributed by atoms with Gasteiger partial charge in [0.05, 0.1) is 9.90 Å². The Balaban J connectivity index is 1.87. The molecule has 0 saturated carbocycles. The predicted octanol–water partition coefficient (Wildman–Crippen LogP) is 2.95. The van der Waals surface area contributed by atoms with E-state index in [1.807, 2.05) is 0 Å². The topological polar surface area (TPSA) is 119 Å². The fourth-order valence-electron chi connectivity index (χ4n) is 2.46. The first-order valence-electron chi connectivity index (χ1n) is 7.77. The summed E-state index contributed by atoms with van der Waals surface area (Å²) in [4.78, 5) is 39.9. The zero-order valence-corrected chi connectivity index (χ0v) is 16.7. The molecule has 0 unspecified atom stereocenters. The van der Waals surface area contributed by atoms with Gasteiger partial charge in [-0.25, -0.2) is 4.98 Å². The molecule has 28 heavy (non-hydrogen) atoms. The van der Waals surface area contributed by atoms with Crippen LogP contribution in [0.2, 0.25) is 8.67 Å². The van der Waals surface area contributed by atoms with E-state index in [4.69, 9.17) is 28.9 Å². The van der Waals surface area contributed by atoms with Crippen LogP contribution in [0.25, 0.3) is 5.69 Å². The van der Waals surface area contributed by atoms with Gasteiger partial charge in [0.1, 0.15) is 16.4 Å². The van der Waals surface area contributed by atoms with Gasteiger partial charge in [-0.1, -0.05) is 23.2 Å². The molecule has 3 rings (SSSR count). The second-order valence-electron chi connectivity index (χ2n) is 5.49. The molecule has 0 aliphatic rings. The summed E-state index contributed by atoms with van der Waals surface area (Å²) in [6.45, 7) is 0. The van der Waals surface area contributed by atoms with E-state index in [0.29, 0.717) is 20.0 Å². The molecule has 2 aromatic heterocycles. The van der Waals surface area contributed by atoms with Crippen molar-refractivity contribution in [3.63, 3.8) is 0 Å². The Kier molecular flexibility index (Phi) is 5.68. The van der Waals surface area contributed by atoms with E-state index in [-0.39, 0.29) is 17.0 Å². The number of carbonyl (C=O) groups is 3. The lowest BCUT2D eigenvalue weighted by atomic mass is 10.2. The molecule has 2 heterocycles. The number of nitrogens with zero attached hydrogens (tertiary/aromatic N) is 2. The van der Waals surface area contributed by atoms with E-state index in [2.05, 4.69) is 15.6 Å². The second-order valence-corrected chi connectivity index (χ2v) is 7.78. The molecule has 0 aliphatic heterocycles. The molecule has 11 heteroatoms. The number of rotatable bonds is 5. The Labute approximate surface area is 173 Å². The van der Waals surface area contributed by atoms with Gasteiger partial charge in [0.15, 0.2) is 5.69 Å². The minimum absolute atomic E-state index is 0.0199. The largest absolute Gasteiger partial charge is 0.364 e. The number of benzene rings is 1. The fourth-order valence-corrected chi connectivity index (χ4v) is 3.92. The Hall–Kier alpha value is -2.88. The first kappa shape index (κ1) is 19.9. The summed E-state index contributed by atoms with van der Waals surface area (Å²) >= 11 is 12.9. The highest BCUT2D eigenvalue weighted by molar-refractivity contribution is 7.20. The van der Waals surface area contributed by atoms with Gasteiger partial charge in [-0.15, -0.1) is 11.3 Å². The molecule has 0 radical (unpaired) electrons. The van der Waals surface area contributed by atoms with Gasteiger partial charge in [-0.3, -0.25) is 19.0 Å². The standard InChI is InChI=1S/C17H13Cl2N5O3S/c1-21-17(27)13-12(15(20)25)22-7-24(13)9-4-2-8(3-5-9)23-16(26)10-6-11(18)28-14(10)19/h2-7H,1H3,(H2,20,25)(H,21,27)(H,23,26). The summed E-state index contributed by atoms with van der Waals surface area (Å²) < 4.78 is 2.14. The van der Waals surface area contributed by atoms with E-state index in [1.165, 1.54) is 24.0 Å². The van der Waals surface area contributed by atoms with Crippen LogP contribution in [0, 0.1) is 0 Å². The lowest BCUT2D eigenvalue weighted by Crippen LogP contribution is -2.25. The third kappa shape index (κ3) is 3.86. The molecular formula is C17H13Cl2N5O3S. The van der Waals surface area contributed by atoms with Gasteiger partial charge in [0.2, 0.25) is 0 Å². The van der Waals surface area contributed by atoms with E-state index >= 15 is 0 Å². The molecule has 3 amide bonds. The van der Waals surface area contributed by atoms with E-state index in [0.717, 1.165) is 11.3 Å². The third-order valence-corrected chi connectivity index (χ3v) is 5.24. The van der Waals surface area contributed by atoms with Crippen LogP contribution in [-0.2, 0) is 0 Å². The molecule has 0 fully saturated rings. The quantitative estimate of drug-likeness (QED) is 0.568. The second kappa shape index (κ2) is 8.01. The minimum Gasteiger partial charge on any atom is -0.364 e. The highest BCUT2D eigenvalue weighted by atomic mass is 35.5. The van der Waals surface area contributed by atoms with Gasteiger partial charge >= 0.3 is 0 Å². The monoisotopic (exact) mass is 437 g/mol. The van der Waals surface area contributed by atoms with Gasteiger partial charge in [0.25, 0.3) is 17.7 Å². The van der Waals surface area contributed by atoms with Crippen LogP contribution in [-0.4, -0.2) is 34.3 Å². The number of carbonyl (C=O) groups excluding carboxylic acids is 3. The molecule has 144 valence electrons. The van der Waals surface area contributed by atoms with Crippen LogP contribution in [0.15, 0.2) is 36.7 Å². The zero-order valence-electron chi connectivity index (χ0n) is 14.3. The molecular weight excluding hydrogens is 425 g/mol. The van der Waals surface area contributed by atoms with Gasteiger partial charge in [-0.2, -0.15) is 0 Å². The van der Waals surface area contributed by atoms with Crippen molar-refractivity contribution in [1.82, 2.24) is 14.9 Å². The third-order valence-electron chi connectivity index (χ3n) is 3.75. The van der Waals surface area contributed by atoms with Gasteiger partial charge in [-0.05, 0) is 30.3 Å². The molecule has 8 nitrogen and oxygen atoms in total. The summed E-state index contributed by atoms with van der Waals surface area (Å²) in [7, 11) is 1.44. The van der Waals surface area contributed by atoms with Gasteiger partial charge in [0, 0.05) is 18.4 Å². The van der Waals surface area contributed by atoms with Crippen molar-refractivity contribution in [2.75, 3.05) is 12.4 Å². The maximum Gasteiger partial charge on any atom is 0.270 e. The lowest BCUT2D eigenvalue weighted by Gasteiger charge is -2.10. The van der Waals surface area contributed by atoms with Crippen molar-refractivity contribution in [3.05, 3.63) is 62.3 Å². The Morgan fingerprint density at radius 1 is 1.14 bits per heavy atom. The summed E-state index contributed by atoms with van der Waals surface area (Å²) in [5.74, 6) is -1.72. The van der Waals surface area contributed by atoms with Crippen LogP contribution >= 0.6 is 34.5 Å². The number of hydrogen-bond acceptors (Lipinski definition) is 5. The number of anilines is 1. The molecule has 0 bridgehead atoms. The zero-order chi connectivity index (χ0) is 20.4. The maximum absolute atomic E-state index is 12.3. The van der Waals surface area contributed by atoms with Crippen molar-refractivity contribution >= 4 is 57.9 Å². The van der Waals surface area contributed by atoms with Crippen LogP contribution in [0.4, 0.5) is 5.69 Å². The lowest BCUT2D eigenvalue weighted by molar-refractivity contribution is 0.0936. The van der Waals surface area contributed by atoms with Crippen molar-refractivity contribution in [3.8, 4) is 5.69 Å². The number of nitrogens with two attached hydrogens (primary N) is 1. The summed E-state index contributed by atoms with van der Waals surface area (Å²) in [5.41, 5.74) is 6.50. The molecule has 0 spiro atoms. The fraction of sp³-hybridized carbons (Fsp3) is 0.0588. The Morgan fingerprint density at radius 3 is 2.36 bits per heavy atom. The van der Waals surface area contributed by atoms with Crippen LogP contribution < -0.4 is 16.4 Å². The van der Waals surface area contributed by atoms with E-state index in [9.17, 15) is 14.4 Å². The molecule has 0 saturated heterocycles. The van der Waals surface area contributed by atoms with E-state index < -0.39 is 17.7 Å². The summed E-state index contributed by atoms with van der Waals surface area (Å²) in [6, 6.07) is 8.05. The first-order valence-corrected chi connectivity index (χ1v) is 9.35. The SMILES string of the molecule is CNC(=O)c1c(C(N)=O)ncn1-c1ccc(NC(=O)c2cc(Cl)sc2Cl)cc1. The summed E-state index contributed by atoms with van der Waals surface area (Å²) in [6.07, 6.45) is 1.32. The average Bonchev–Trinajstić information content (AvgIpc) is 3.25. The van der Waals surface area contributed by atoms with Gasteiger partial charge < -0.3 is 16.4 Å². The highest BCUT2D eigenvalue weighted by Gasteiger charge is 2.22. The number of primary amides is 1. The molecule has 3 aromatic rings. The maximum atomic E-state index is 12.3. The molecule has 0 atom stereocenters. The first-order chi connectivity index (χ1) is 13.3. The number of nitrogens with one attached hydrogen (secondary N) is 2. The van der Waals surface area contributed by atoms with Crippen LogP contribution in [0.1, 0.15) is 31.3 Å². The van der Waals surface area contributed by atoms with Crippen LogP contribution in [0.3, 0.4) is 0 Å². The van der Waals surface area contributed by atoms with Crippen molar-refractivity contribution in [1.29, 1.82) is 0 Å². The Morgan fingerprint density at radius 2 is 1.82 bits per heavy atom. The number of imidazole rings is 1.